The third-order valence-corrected chi connectivity index (χ3v) is 0. The maximum Gasteiger partial charge on any atom is 1.00 e. The van der Waals surface area contributed by atoms with Crippen LogP contribution in [0, 0.1) is 0 Å². The molecule has 0 aliphatic rings. The van der Waals surface area contributed by atoms with Gasteiger partial charge in [-0.15, -0.1) is 0 Å². The molecule has 33 heavy (non-hydrogen) atoms. The molecule has 0 heterocycles. The topological polar surface area (TPSA) is 403 Å². The van der Waals surface area contributed by atoms with E-state index >= 15 is 0 Å². The molecule has 0 aromatic rings. The molecule has 0 amide bonds. The van der Waals surface area contributed by atoms with E-state index in [1.807, 2.05) is 0 Å². The van der Waals surface area contributed by atoms with Gasteiger partial charge < -0.3 is 78.6 Å². The minimum Gasteiger partial charge on any atom is -1.00 e. The van der Waals surface area contributed by atoms with Gasteiger partial charge >= 0.3 is 300 Å². The van der Waals surface area contributed by atoms with Crippen molar-refractivity contribution < 1.29 is 369 Å². The van der Waals surface area contributed by atoms with E-state index in [0.717, 1.165) is 0 Å². The molecule has 0 aromatic heterocycles. The minimum atomic E-state index is -1.83. The number of carbonyl (C=O) groups is 7. The van der Waals surface area contributed by atoms with Crippen molar-refractivity contribution in [3.05, 3.63) is 0 Å². The minimum absolute atomic E-state index is 0. The first kappa shape index (κ1) is 76.6. The first-order valence-corrected chi connectivity index (χ1v) is 4.56. The van der Waals surface area contributed by atoms with Crippen LogP contribution in [-0.2, 0) is 0 Å². The van der Waals surface area contributed by atoms with Crippen LogP contribution in [0.3, 0.4) is 0 Å². The monoisotopic (exact) mass is 634 g/mol. The first-order valence-electron chi connectivity index (χ1n) is 4.56. The molecule has 0 atom stereocenters. The zero-order chi connectivity index (χ0) is 25.0. The van der Waals surface area contributed by atoms with Crippen molar-refractivity contribution in [2.24, 2.45) is 0 Å². The van der Waals surface area contributed by atoms with Gasteiger partial charge in [0.05, 0.1) is 0 Å². The number of hydrogen-bond donors (Lipinski definition) is 14. The summed E-state index contributed by atoms with van der Waals surface area (Å²) >= 11 is 0. The van der Waals surface area contributed by atoms with Gasteiger partial charge in [-0.05, 0) is 0 Å². The van der Waals surface area contributed by atoms with Crippen LogP contribution in [0.25, 0.3) is 0 Å². The quantitative estimate of drug-likeness (QED) is 0.110. The Kier molecular flexibility index (Phi) is 163. The Morgan fingerprint density at radius 3 is 0.242 bits per heavy atom. The fourth-order valence-electron chi connectivity index (χ4n) is 0. The van der Waals surface area contributed by atoms with E-state index < -0.39 is 43.1 Å². The first-order chi connectivity index (χ1) is 12.1. The van der Waals surface area contributed by atoms with Gasteiger partial charge in [0.25, 0.3) is 0 Å². The van der Waals surface area contributed by atoms with Crippen LogP contribution in [-0.4, -0.2) is 115 Å². The summed E-state index contributed by atoms with van der Waals surface area (Å²) < 4.78 is 0. The second-order valence-corrected chi connectivity index (χ2v) is 1.98. The summed E-state index contributed by atoms with van der Waals surface area (Å²) in [5, 5.41) is 97.6. The molecule has 0 radical (unpaired) electrons. The van der Waals surface area contributed by atoms with E-state index in [9.17, 15) is 0 Å². The van der Waals surface area contributed by atoms with Crippen LogP contribution in [0.2, 0.25) is 0 Å². The molecular weight excluding hydrogens is 616 g/mol. The molecule has 0 aliphatic carbocycles. The van der Waals surface area contributed by atoms with Gasteiger partial charge in [0.15, 0.2) is 0 Å². The van der Waals surface area contributed by atoms with Gasteiger partial charge in [0, 0.05) is 0 Å². The van der Waals surface area contributed by atoms with E-state index in [4.69, 9.17) is 105 Å². The van der Waals surface area contributed by atoms with E-state index in [0.29, 0.717) is 0 Å². The van der Waals surface area contributed by atoms with Gasteiger partial charge in [-0.25, -0.2) is 33.6 Å². The molecule has 0 fully saturated rings. The smallest absolute Gasteiger partial charge is 1.00 e. The summed E-state index contributed by atoms with van der Waals surface area (Å²) in [7, 11) is 0. The van der Waals surface area contributed by atoms with Crippen molar-refractivity contribution in [1.82, 2.24) is 0 Å². The summed E-state index contributed by atoms with van der Waals surface area (Å²) in [5.74, 6) is 0. The SMILES string of the molecule is O=C(O)O.O=C(O)O.O=C(O)O.O=C(O)O.O=C(O)O.O=C(O)O.O=C(O)O.[H-].[H-].[H-].[H-].[H-].[K+].[K+].[K+].[K+].[K+]. The molecule has 0 rings (SSSR count). The molecular formula is C7H19K5O21. The second kappa shape index (κ2) is 70.3. The zero-order valence-electron chi connectivity index (χ0n) is 22.6. The largest absolute Gasteiger partial charge is 1.00 e. The van der Waals surface area contributed by atoms with Gasteiger partial charge in [0.1, 0.15) is 0 Å². The zero-order valence-corrected chi connectivity index (χ0v) is 33.2. The molecule has 0 spiro atoms. The van der Waals surface area contributed by atoms with Crippen LogP contribution in [0.5, 0.6) is 0 Å². The average Bonchev–Trinajstić information content (AvgIpc) is 2.20. The second-order valence-electron chi connectivity index (χ2n) is 1.98. The Morgan fingerprint density at radius 1 is 0.242 bits per heavy atom. The Labute approximate surface area is 401 Å². The van der Waals surface area contributed by atoms with Crippen molar-refractivity contribution >= 4 is 43.1 Å². The molecule has 0 saturated carbocycles. The Hall–Kier alpha value is 3.07. The molecule has 178 valence electrons. The molecule has 26 heteroatoms. The summed E-state index contributed by atoms with van der Waals surface area (Å²) in [6.07, 6.45) is -12.8. The third kappa shape index (κ3) is 4070. The maximum atomic E-state index is 8.56. The van der Waals surface area contributed by atoms with Crippen molar-refractivity contribution in [2.75, 3.05) is 0 Å². The predicted molar refractivity (Wildman–Crippen MR) is 80.1 cm³/mol. The van der Waals surface area contributed by atoms with E-state index in [-0.39, 0.29) is 264 Å². The van der Waals surface area contributed by atoms with E-state index in [1.165, 1.54) is 0 Å². The molecule has 0 unspecified atom stereocenters. The van der Waals surface area contributed by atoms with Crippen LogP contribution in [0.15, 0.2) is 0 Å². The standard InChI is InChI=1S/7CH2O3.5K.5H/c7*2-1(3)4;;;;;;;;;;/h7*(H2,2,3,4);;;;;;;;;;/q;;;;;;;5*+1;5*-1. The summed E-state index contributed by atoms with van der Waals surface area (Å²) in [4.78, 5) is 59.9. The fourth-order valence-corrected chi connectivity index (χ4v) is 0. The average molecular weight is 635 g/mol. The van der Waals surface area contributed by atoms with Gasteiger partial charge in [0.2, 0.25) is 0 Å². The Morgan fingerprint density at radius 2 is 0.242 bits per heavy atom. The van der Waals surface area contributed by atoms with Crippen LogP contribution >= 0.6 is 0 Å². The van der Waals surface area contributed by atoms with Crippen LogP contribution < -0.4 is 257 Å². The van der Waals surface area contributed by atoms with Crippen LogP contribution in [0.1, 0.15) is 7.13 Å². The number of rotatable bonds is 0. The van der Waals surface area contributed by atoms with Crippen molar-refractivity contribution in [3.63, 3.8) is 0 Å². The third-order valence-electron chi connectivity index (χ3n) is 0. The van der Waals surface area contributed by atoms with E-state index in [1.54, 1.807) is 0 Å². The van der Waals surface area contributed by atoms with Crippen LogP contribution in [0.4, 0.5) is 33.6 Å². The molecule has 0 aliphatic heterocycles. The Balaban J connectivity index is -0.00000000865. The summed E-state index contributed by atoms with van der Waals surface area (Å²) in [6.45, 7) is 0. The van der Waals surface area contributed by atoms with Gasteiger partial charge in [-0.1, -0.05) is 0 Å². The molecule has 21 nitrogen and oxygen atoms in total. The van der Waals surface area contributed by atoms with Gasteiger partial charge in [-0.3, -0.25) is 0 Å². The van der Waals surface area contributed by atoms with Crippen molar-refractivity contribution in [3.8, 4) is 0 Å². The molecule has 0 saturated heterocycles. The van der Waals surface area contributed by atoms with Gasteiger partial charge in [-0.2, -0.15) is 0 Å². The summed E-state index contributed by atoms with van der Waals surface area (Å²) in [5.41, 5.74) is 0. The number of hydrogen-bond acceptors (Lipinski definition) is 7. The maximum absolute atomic E-state index is 8.56. The number of carboxylic acid groups (broad SMARTS) is 14. The van der Waals surface area contributed by atoms with E-state index in [2.05, 4.69) is 0 Å². The van der Waals surface area contributed by atoms with Crippen molar-refractivity contribution in [1.29, 1.82) is 0 Å². The fraction of sp³-hybridized carbons (Fsp3) is 0. The predicted octanol–water partition coefficient (Wildman–Crippen LogP) is -12.9. The molecule has 0 aromatic carbocycles. The molecule has 14 N–H and O–H groups in total. The summed E-state index contributed by atoms with van der Waals surface area (Å²) in [6, 6.07) is 0. The molecule has 0 bridgehead atoms. The Bertz CT molecular complexity index is 343. The van der Waals surface area contributed by atoms with Crippen molar-refractivity contribution in [2.45, 2.75) is 0 Å². The normalized spacial score (nSPS) is 5.09.